The van der Waals surface area contributed by atoms with E-state index in [-0.39, 0.29) is 0 Å². The Morgan fingerprint density at radius 1 is 1.73 bits per heavy atom. The van der Waals surface area contributed by atoms with Crippen molar-refractivity contribution in [2.75, 3.05) is 0 Å². The van der Waals surface area contributed by atoms with Crippen molar-refractivity contribution in [3.8, 4) is 11.8 Å². The van der Waals surface area contributed by atoms with Crippen LogP contribution in [0.15, 0.2) is 11.4 Å². The van der Waals surface area contributed by atoms with E-state index < -0.39 is 5.91 Å². The van der Waals surface area contributed by atoms with Crippen LogP contribution in [0.25, 0.3) is 0 Å². The Balaban J connectivity index is 2.82. The van der Waals surface area contributed by atoms with Gasteiger partial charge in [0.2, 0.25) is 0 Å². The number of hydrogen-bond acceptors (Lipinski definition) is 2. The lowest BCUT2D eigenvalue weighted by Crippen LogP contribution is -2.05. The summed E-state index contributed by atoms with van der Waals surface area (Å²) in [6, 6.07) is 1.92. The van der Waals surface area contributed by atoms with Gasteiger partial charge in [-0.05, 0) is 13.0 Å². The molecular formula is C8H7NOS. The van der Waals surface area contributed by atoms with Gasteiger partial charge in [-0.2, -0.15) is 0 Å². The lowest BCUT2D eigenvalue weighted by molar-refractivity contribution is -0.112. The van der Waals surface area contributed by atoms with Crippen LogP contribution in [0.3, 0.4) is 0 Å². The molecule has 2 N–H and O–H groups in total. The molecule has 0 radical (unpaired) electrons. The van der Waals surface area contributed by atoms with Crippen LogP contribution in [-0.4, -0.2) is 5.91 Å². The number of carbonyl (C=O) groups is 1. The summed E-state index contributed by atoms with van der Waals surface area (Å²) in [5, 5.41) is 1.89. The summed E-state index contributed by atoms with van der Waals surface area (Å²) in [6.45, 7) is 1.99. The lowest BCUT2D eigenvalue weighted by Gasteiger charge is -1.74. The van der Waals surface area contributed by atoms with Crippen LogP contribution in [0.5, 0.6) is 0 Å². The molecular weight excluding hydrogens is 158 g/mol. The highest BCUT2D eigenvalue weighted by Gasteiger charge is 1.90. The van der Waals surface area contributed by atoms with Gasteiger partial charge < -0.3 is 5.73 Å². The molecule has 2 nitrogen and oxygen atoms in total. The van der Waals surface area contributed by atoms with E-state index in [1.807, 2.05) is 18.4 Å². The highest BCUT2D eigenvalue weighted by Crippen LogP contribution is 2.11. The first-order chi connectivity index (χ1) is 5.18. The van der Waals surface area contributed by atoms with E-state index in [2.05, 4.69) is 11.8 Å². The van der Waals surface area contributed by atoms with Crippen LogP contribution in [0.4, 0.5) is 0 Å². The van der Waals surface area contributed by atoms with Crippen molar-refractivity contribution in [3.63, 3.8) is 0 Å². The number of hydrogen-bond donors (Lipinski definition) is 1. The molecule has 0 fully saturated rings. The van der Waals surface area contributed by atoms with E-state index in [0.29, 0.717) is 0 Å². The van der Waals surface area contributed by atoms with Gasteiger partial charge in [-0.1, -0.05) is 5.92 Å². The molecule has 1 amide bonds. The van der Waals surface area contributed by atoms with Crippen LogP contribution < -0.4 is 5.73 Å². The van der Waals surface area contributed by atoms with E-state index in [1.54, 1.807) is 11.3 Å². The first kappa shape index (κ1) is 7.83. The topological polar surface area (TPSA) is 43.1 Å². The van der Waals surface area contributed by atoms with Crippen molar-refractivity contribution in [3.05, 3.63) is 21.9 Å². The van der Waals surface area contributed by atoms with Crippen molar-refractivity contribution >= 4 is 17.2 Å². The second-order valence-corrected chi connectivity index (χ2v) is 3.18. The number of thiophene rings is 1. The van der Waals surface area contributed by atoms with Gasteiger partial charge >= 0.3 is 0 Å². The van der Waals surface area contributed by atoms with E-state index in [0.717, 1.165) is 5.56 Å². The van der Waals surface area contributed by atoms with Crippen molar-refractivity contribution in [2.24, 2.45) is 5.73 Å². The zero-order valence-electron chi connectivity index (χ0n) is 6.05. The Kier molecular flexibility index (Phi) is 2.29. The van der Waals surface area contributed by atoms with Crippen LogP contribution >= 0.6 is 11.3 Å². The van der Waals surface area contributed by atoms with Crippen LogP contribution in [-0.2, 0) is 4.79 Å². The third-order valence-corrected chi connectivity index (χ3v) is 1.92. The first-order valence-electron chi connectivity index (χ1n) is 3.05. The Bertz CT molecular complexity index is 329. The van der Waals surface area contributed by atoms with Gasteiger partial charge in [-0.25, -0.2) is 0 Å². The largest absolute Gasteiger partial charge is 0.359 e. The quantitative estimate of drug-likeness (QED) is 0.570. The minimum absolute atomic E-state index is 0.589. The second-order valence-electron chi connectivity index (χ2n) is 2.06. The maximum Gasteiger partial charge on any atom is 0.293 e. The van der Waals surface area contributed by atoms with Crippen molar-refractivity contribution in [1.29, 1.82) is 0 Å². The highest BCUT2D eigenvalue weighted by molar-refractivity contribution is 7.10. The molecule has 3 heteroatoms. The molecule has 1 aromatic heterocycles. The fraction of sp³-hybridized carbons (Fsp3) is 0.125. The number of aryl methyl sites for hydroxylation is 1. The predicted molar refractivity (Wildman–Crippen MR) is 45.1 cm³/mol. The van der Waals surface area contributed by atoms with Crippen LogP contribution in [0.1, 0.15) is 10.4 Å². The number of nitrogens with two attached hydrogens (primary N) is 1. The van der Waals surface area contributed by atoms with E-state index in [9.17, 15) is 4.79 Å². The van der Waals surface area contributed by atoms with Crippen molar-refractivity contribution in [1.82, 2.24) is 0 Å². The van der Waals surface area contributed by atoms with Gasteiger partial charge in [0.1, 0.15) is 0 Å². The summed E-state index contributed by atoms with van der Waals surface area (Å²) in [5.41, 5.74) is 5.69. The van der Waals surface area contributed by atoms with Crippen LogP contribution in [0.2, 0.25) is 0 Å². The fourth-order valence-electron chi connectivity index (χ4n) is 0.643. The zero-order chi connectivity index (χ0) is 8.27. The number of carbonyl (C=O) groups excluding carboxylic acids is 1. The summed E-state index contributed by atoms with van der Waals surface area (Å²) >= 11 is 1.60. The van der Waals surface area contributed by atoms with Crippen molar-refractivity contribution in [2.45, 2.75) is 6.92 Å². The molecule has 0 saturated heterocycles. The summed E-state index contributed by atoms with van der Waals surface area (Å²) in [4.78, 5) is 11.4. The Labute approximate surface area is 69.0 Å². The van der Waals surface area contributed by atoms with Gasteiger partial charge in [0.05, 0.1) is 0 Å². The Morgan fingerprint density at radius 3 is 2.91 bits per heavy atom. The average molecular weight is 165 g/mol. The van der Waals surface area contributed by atoms with E-state index in [4.69, 9.17) is 5.73 Å². The minimum atomic E-state index is -0.589. The Hall–Kier alpha value is -1.27. The number of rotatable bonds is 0. The molecule has 1 rings (SSSR count). The van der Waals surface area contributed by atoms with Gasteiger partial charge in [0.25, 0.3) is 5.91 Å². The summed E-state index contributed by atoms with van der Waals surface area (Å²) < 4.78 is 0. The monoisotopic (exact) mass is 165 g/mol. The molecule has 0 aliphatic carbocycles. The smallest absolute Gasteiger partial charge is 0.293 e. The Morgan fingerprint density at radius 2 is 2.45 bits per heavy atom. The van der Waals surface area contributed by atoms with Gasteiger partial charge in [0, 0.05) is 21.7 Å². The zero-order valence-corrected chi connectivity index (χ0v) is 6.87. The van der Waals surface area contributed by atoms with Gasteiger partial charge in [-0.3, -0.25) is 4.79 Å². The third kappa shape index (κ3) is 2.44. The lowest BCUT2D eigenvalue weighted by atomic mass is 10.3. The summed E-state index contributed by atoms with van der Waals surface area (Å²) in [7, 11) is 0. The predicted octanol–water partition coefficient (Wildman–Crippen LogP) is 0.893. The molecule has 0 aromatic carbocycles. The molecule has 0 spiro atoms. The fourth-order valence-corrected chi connectivity index (χ4v) is 1.28. The van der Waals surface area contributed by atoms with Gasteiger partial charge in [-0.15, -0.1) is 11.3 Å². The summed E-state index contributed by atoms with van der Waals surface area (Å²) in [5.74, 6) is 4.33. The molecule has 56 valence electrons. The van der Waals surface area contributed by atoms with E-state index >= 15 is 0 Å². The number of amides is 1. The second kappa shape index (κ2) is 3.22. The molecule has 0 saturated carbocycles. The molecule has 0 atom stereocenters. The van der Waals surface area contributed by atoms with Gasteiger partial charge in [0.15, 0.2) is 0 Å². The maximum absolute atomic E-state index is 10.2. The van der Waals surface area contributed by atoms with Crippen molar-refractivity contribution < 1.29 is 4.79 Å². The average Bonchev–Trinajstić information content (AvgIpc) is 2.31. The SMILES string of the molecule is Cc1cc(C#CC(N)=O)cs1. The molecule has 11 heavy (non-hydrogen) atoms. The molecule has 0 bridgehead atoms. The third-order valence-electron chi connectivity index (χ3n) is 1.06. The standard InChI is InChI=1S/C8H7NOS/c1-6-4-7(5-11-6)2-3-8(9)10/h4-5H,1H3,(H2,9,10). The first-order valence-corrected chi connectivity index (χ1v) is 3.93. The maximum atomic E-state index is 10.2. The molecule has 1 aromatic rings. The molecule has 1 heterocycles. The molecule has 0 aliphatic rings. The minimum Gasteiger partial charge on any atom is -0.359 e. The van der Waals surface area contributed by atoms with E-state index in [1.165, 1.54) is 4.88 Å². The molecule has 0 aliphatic heterocycles. The molecule has 0 unspecified atom stereocenters. The number of primary amides is 1. The van der Waals surface area contributed by atoms with Crippen LogP contribution in [0, 0.1) is 18.8 Å². The highest BCUT2D eigenvalue weighted by atomic mass is 32.1. The normalized spacial score (nSPS) is 8.45. The summed E-state index contributed by atoms with van der Waals surface area (Å²) in [6.07, 6.45) is 0.